The van der Waals surface area contributed by atoms with E-state index in [9.17, 15) is 0 Å². The maximum atomic E-state index is 4.40. The molecular formula is C134H130N2. The maximum absolute atomic E-state index is 4.40. The molecule has 2 aromatic heterocycles. The zero-order chi connectivity index (χ0) is 95.1. The molecule has 0 saturated carbocycles. The molecule has 0 N–H and O–H groups in total. The fraction of sp³-hybridized carbons (Fsp3) is 0.179. The number of fused-ring (bicyclic) bond motifs is 10. The lowest BCUT2D eigenvalue weighted by Gasteiger charge is -2.15. The van der Waals surface area contributed by atoms with Crippen molar-refractivity contribution in [2.45, 2.75) is 158 Å². The second-order valence-electron chi connectivity index (χ2n) is 38.3. The molecule has 0 fully saturated rings. The lowest BCUT2D eigenvalue weighted by atomic mass is 9.89. The third-order valence-corrected chi connectivity index (χ3v) is 26.1. The quantitative estimate of drug-likeness (QED) is 0.122. The van der Waals surface area contributed by atoms with Crippen molar-refractivity contribution in [3.63, 3.8) is 0 Å². The molecule has 22 rings (SSSR count). The van der Waals surface area contributed by atoms with Crippen molar-refractivity contribution >= 4 is 108 Å². The number of aromatic nitrogens is 2. The van der Waals surface area contributed by atoms with Crippen molar-refractivity contribution in [3.8, 4) is 44.5 Å². The van der Waals surface area contributed by atoms with Crippen LogP contribution in [-0.2, 0) is 0 Å². The van der Waals surface area contributed by atoms with Crippen LogP contribution in [0, 0.1) is 0 Å². The molecule has 0 bridgehead atoms. The van der Waals surface area contributed by atoms with Crippen molar-refractivity contribution in [2.75, 3.05) is 0 Å². The van der Waals surface area contributed by atoms with Crippen LogP contribution in [0.5, 0.6) is 0 Å². The van der Waals surface area contributed by atoms with Crippen molar-refractivity contribution in [2.24, 2.45) is 0 Å². The van der Waals surface area contributed by atoms with Crippen LogP contribution in [0.2, 0.25) is 0 Å². The molecule has 0 aliphatic carbocycles. The molecule has 2 heteroatoms. The molecule has 0 unspecified atom stereocenters. The van der Waals surface area contributed by atoms with E-state index in [2.05, 4.69) is 545 Å². The average molecular weight is 1770 g/mol. The molecule has 2 nitrogen and oxygen atoms in total. The van der Waals surface area contributed by atoms with Crippen LogP contribution in [0.4, 0.5) is 0 Å². The van der Waals surface area contributed by atoms with Gasteiger partial charge in [-0.15, -0.1) is 0 Å². The monoisotopic (exact) mass is 1770 g/mol. The third-order valence-electron chi connectivity index (χ3n) is 26.1. The van der Waals surface area contributed by atoms with Crippen LogP contribution in [0.25, 0.3) is 152 Å². The molecule has 136 heavy (non-hydrogen) atoms. The Labute approximate surface area is 808 Å². The minimum absolute atomic E-state index is 0.529. The number of hydrogen-bond acceptors (Lipinski definition) is 2. The van der Waals surface area contributed by atoms with Crippen molar-refractivity contribution < 1.29 is 0 Å². The predicted octanol–water partition coefficient (Wildman–Crippen LogP) is 39.5. The van der Waals surface area contributed by atoms with Gasteiger partial charge in [0.05, 0.1) is 5.52 Å². The highest BCUT2D eigenvalue weighted by molar-refractivity contribution is 6.07. The Morgan fingerprint density at radius 1 is 0.154 bits per heavy atom. The molecule has 0 saturated heterocycles. The van der Waals surface area contributed by atoms with Crippen molar-refractivity contribution in [3.05, 3.63) is 494 Å². The molecule has 0 amide bonds. The predicted molar refractivity (Wildman–Crippen MR) is 597 cm³/mol. The van der Waals surface area contributed by atoms with Crippen LogP contribution in [0.15, 0.2) is 449 Å². The van der Waals surface area contributed by atoms with Crippen molar-refractivity contribution in [1.82, 2.24) is 9.97 Å². The standard InChI is InChI=1S/2C23H20.2C19H18.2C13H14.2C12H13N/c1-16(2)18-14-15-23(22-12-6-5-11-20(18)22)21-13-7-9-17-8-3-4-10-19(17)21;1-16(2)18-8-10-22-15-23(12-11-20(22)13-18)21-9-7-17-5-3-4-6-19(17)14-21;1-14(2)15-10-12-17(13-11-15)19-9-5-7-16-6-3-4-8-18(16)19;1-14(2)15-7-9-17(10-8-15)19-12-11-16-5-3-4-6-18(16)13-19;1-10(2)12-9-5-7-11-6-3-4-8-13(11)12;1-10(2)12-8-7-11-5-3-4-6-13(11)9-12;1-9(2)11-7-3-5-10-6-4-8-13-12(10)11;1-9(2)11-5-3-4-10-6-7-13-8-12(10)11/h2*3-16H,1-2H3;2*3-14H,1-2H3;2*3-10H,1-2H3;2*3-9H,1-2H3. The first kappa shape index (κ1) is 95.9. The Bertz CT molecular complexity index is 7490. The van der Waals surface area contributed by atoms with Gasteiger partial charge in [0, 0.05) is 29.4 Å². The van der Waals surface area contributed by atoms with Gasteiger partial charge in [-0.25, -0.2) is 0 Å². The van der Waals surface area contributed by atoms with E-state index in [1.165, 1.54) is 191 Å². The molecule has 0 spiro atoms. The van der Waals surface area contributed by atoms with Crippen LogP contribution < -0.4 is 0 Å². The van der Waals surface area contributed by atoms with E-state index in [-0.39, 0.29) is 0 Å². The van der Waals surface area contributed by atoms with Gasteiger partial charge in [-0.3, -0.25) is 9.97 Å². The first-order valence-electron chi connectivity index (χ1n) is 48.9. The smallest absolute Gasteiger partial charge is 0.0736 e. The van der Waals surface area contributed by atoms with Gasteiger partial charge in [0.25, 0.3) is 0 Å². The number of benzene rings is 20. The lowest BCUT2D eigenvalue weighted by molar-refractivity contribution is 0.867. The Morgan fingerprint density at radius 3 is 0.949 bits per heavy atom. The van der Waals surface area contributed by atoms with E-state index in [0.29, 0.717) is 47.3 Å². The van der Waals surface area contributed by atoms with Crippen LogP contribution >= 0.6 is 0 Å². The summed E-state index contributed by atoms with van der Waals surface area (Å²) in [6.07, 6.45) is 5.64. The fourth-order valence-corrected chi connectivity index (χ4v) is 18.2. The molecule has 0 aliphatic heterocycles. The van der Waals surface area contributed by atoms with Gasteiger partial charge >= 0.3 is 0 Å². The second kappa shape index (κ2) is 45.8. The Morgan fingerprint density at radius 2 is 0.456 bits per heavy atom. The van der Waals surface area contributed by atoms with E-state index in [1.807, 2.05) is 24.7 Å². The van der Waals surface area contributed by atoms with E-state index in [4.69, 9.17) is 0 Å². The van der Waals surface area contributed by atoms with Gasteiger partial charge in [0.15, 0.2) is 0 Å². The molecule has 22 aromatic rings. The maximum Gasteiger partial charge on any atom is 0.0736 e. The van der Waals surface area contributed by atoms with Gasteiger partial charge in [0.2, 0.25) is 0 Å². The summed E-state index contributed by atoms with van der Waals surface area (Å²) in [4.78, 5) is 8.56. The summed E-state index contributed by atoms with van der Waals surface area (Å²) in [5.74, 6) is 4.59. The van der Waals surface area contributed by atoms with E-state index < -0.39 is 0 Å². The molecule has 676 valence electrons. The summed E-state index contributed by atoms with van der Waals surface area (Å²) in [7, 11) is 0. The largest absolute Gasteiger partial charge is 0.264 e. The second-order valence-corrected chi connectivity index (χ2v) is 38.3. The van der Waals surface area contributed by atoms with Crippen LogP contribution in [-0.4, -0.2) is 9.97 Å². The molecule has 0 radical (unpaired) electrons. The van der Waals surface area contributed by atoms with E-state index in [0.717, 1.165) is 5.52 Å². The Hall–Kier alpha value is -14.7. The highest BCUT2D eigenvalue weighted by atomic mass is 14.7. The zero-order valence-electron chi connectivity index (χ0n) is 82.2. The minimum atomic E-state index is 0.529. The highest BCUT2D eigenvalue weighted by Crippen LogP contribution is 2.40. The highest BCUT2D eigenvalue weighted by Gasteiger charge is 2.15. The summed E-state index contributed by atoms with van der Waals surface area (Å²) in [6.45, 7) is 35.7. The lowest BCUT2D eigenvalue weighted by Crippen LogP contribution is -1.92. The summed E-state index contributed by atoms with van der Waals surface area (Å²) in [6, 6.07) is 155. The molecule has 20 aromatic carbocycles. The first-order valence-corrected chi connectivity index (χ1v) is 48.9. The van der Waals surface area contributed by atoms with E-state index >= 15 is 0 Å². The third kappa shape index (κ3) is 23.9. The fourth-order valence-electron chi connectivity index (χ4n) is 18.2. The number of para-hydroxylation sites is 1. The van der Waals surface area contributed by atoms with Crippen molar-refractivity contribution in [1.29, 1.82) is 0 Å². The summed E-state index contributed by atoms with van der Waals surface area (Å²) in [5, 5.41) is 24.9. The number of nitrogens with zero attached hydrogens (tertiary/aromatic N) is 2. The van der Waals surface area contributed by atoms with Gasteiger partial charge in [-0.2, -0.15) is 0 Å². The van der Waals surface area contributed by atoms with Crippen LogP contribution in [0.3, 0.4) is 0 Å². The summed E-state index contributed by atoms with van der Waals surface area (Å²) >= 11 is 0. The van der Waals surface area contributed by atoms with E-state index in [1.54, 1.807) is 0 Å². The zero-order valence-corrected chi connectivity index (χ0v) is 82.2. The molecule has 0 atom stereocenters. The van der Waals surface area contributed by atoms with Gasteiger partial charge in [-0.05, 0) is 258 Å². The minimum Gasteiger partial charge on any atom is -0.264 e. The number of pyridine rings is 2. The van der Waals surface area contributed by atoms with Crippen LogP contribution in [0.1, 0.15) is 203 Å². The van der Waals surface area contributed by atoms with Gasteiger partial charge < -0.3 is 0 Å². The molecule has 2 heterocycles. The number of hydrogen-bond donors (Lipinski definition) is 0. The molecular weight excluding hydrogens is 1640 g/mol. The summed E-state index contributed by atoms with van der Waals surface area (Å²) < 4.78 is 0. The Kier molecular flexibility index (Phi) is 32.3. The summed E-state index contributed by atoms with van der Waals surface area (Å²) in [5.41, 5.74) is 22.7. The van der Waals surface area contributed by atoms with Gasteiger partial charge in [0.1, 0.15) is 0 Å². The topological polar surface area (TPSA) is 25.8 Å². The molecule has 0 aliphatic rings. The first-order chi connectivity index (χ1) is 66.1. The van der Waals surface area contributed by atoms with Gasteiger partial charge in [-0.1, -0.05) is 511 Å². The normalized spacial score (nSPS) is 11.2. The average Bonchev–Trinajstić information content (AvgIpc) is 0.764. The SMILES string of the molecule is CC(C)c1ccc(-c2ccc3ccccc3c2)cc1.CC(C)c1ccc(-c2cccc3ccccc23)c2ccccc12.CC(C)c1ccc(-c2cccc3ccccc23)cc1.CC(C)c1ccc2cc(-c3ccc4ccccc4c3)ccc2c1.CC(C)c1ccc2ccccc2c1.CC(C)c1cccc2ccccc12.CC(C)c1cccc2cccnc12.CC(C)c1cccc2ccncc12. The number of rotatable bonds is 12. The Balaban J connectivity index is 0.000000119.